The number of carbonyl (C=O) groups is 1. The molecule has 116 valence electrons. The standard InChI is InChI=1S/C16H21NO3.ClH/c1-4-17(5-2)8-9-19-16(18)15-11-13-10-12(3)6-7-14(13)20-15;/h6-7,10-11H,4-5,8-9H2,1-3H3;1H. The number of rotatable bonds is 6. The summed E-state index contributed by atoms with van der Waals surface area (Å²) in [7, 11) is 0. The van der Waals surface area contributed by atoms with Gasteiger partial charge in [0.1, 0.15) is 12.2 Å². The number of esters is 1. The van der Waals surface area contributed by atoms with Crippen LogP contribution in [0.15, 0.2) is 28.7 Å². The summed E-state index contributed by atoms with van der Waals surface area (Å²) in [5, 5.41) is 0.931. The summed E-state index contributed by atoms with van der Waals surface area (Å²) in [6, 6.07) is 7.56. The van der Waals surface area contributed by atoms with Crippen LogP contribution in [0.4, 0.5) is 0 Å². The maximum absolute atomic E-state index is 11.9. The van der Waals surface area contributed by atoms with Crippen LogP contribution in [0.25, 0.3) is 11.0 Å². The minimum Gasteiger partial charge on any atom is -0.458 e. The highest BCUT2D eigenvalue weighted by Crippen LogP contribution is 2.21. The first-order valence-electron chi connectivity index (χ1n) is 7.03. The fourth-order valence-corrected chi connectivity index (χ4v) is 2.14. The van der Waals surface area contributed by atoms with E-state index >= 15 is 0 Å². The molecule has 0 saturated heterocycles. The molecule has 0 atom stereocenters. The van der Waals surface area contributed by atoms with Crippen molar-refractivity contribution in [1.29, 1.82) is 0 Å². The number of ether oxygens (including phenoxy) is 1. The third-order valence-electron chi connectivity index (χ3n) is 3.41. The minimum atomic E-state index is -0.397. The predicted octanol–water partition coefficient (Wildman–Crippen LogP) is 3.66. The van der Waals surface area contributed by atoms with Gasteiger partial charge in [0.05, 0.1) is 0 Å². The second kappa shape index (κ2) is 8.05. The molecule has 4 nitrogen and oxygen atoms in total. The van der Waals surface area contributed by atoms with Crippen molar-refractivity contribution < 1.29 is 13.9 Å². The Morgan fingerprint density at radius 1 is 1.24 bits per heavy atom. The summed E-state index contributed by atoms with van der Waals surface area (Å²) in [5.74, 6) is -0.129. The molecule has 0 aliphatic rings. The van der Waals surface area contributed by atoms with Gasteiger partial charge in [0.15, 0.2) is 0 Å². The van der Waals surface area contributed by atoms with Crippen molar-refractivity contribution in [1.82, 2.24) is 4.90 Å². The molecule has 0 saturated carbocycles. The van der Waals surface area contributed by atoms with Gasteiger partial charge in [-0.15, -0.1) is 12.4 Å². The third kappa shape index (κ3) is 4.48. The van der Waals surface area contributed by atoms with E-state index in [9.17, 15) is 4.79 Å². The molecular formula is C16H22ClNO3. The molecule has 2 rings (SSSR count). The maximum Gasteiger partial charge on any atom is 0.374 e. The average Bonchev–Trinajstić information content (AvgIpc) is 2.86. The Balaban J connectivity index is 0.00000220. The summed E-state index contributed by atoms with van der Waals surface area (Å²) in [4.78, 5) is 14.1. The first kappa shape index (κ1) is 17.5. The van der Waals surface area contributed by atoms with E-state index in [4.69, 9.17) is 9.15 Å². The Morgan fingerprint density at radius 3 is 2.62 bits per heavy atom. The fourth-order valence-electron chi connectivity index (χ4n) is 2.14. The zero-order valence-electron chi connectivity index (χ0n) is 12.7. The SMILES string of the molecule is CCN(CC)CCOC(=O)c1cc2cc(C)ccc2o1.Cl. The van der Waals surface area contributed by atoms with Gasteiger partial charge in [0.25, 0.3) is 0 Å². The third-order valence-corrected chi connectivity index (χ3v) is 3.41. The molecule has 0 fully saturated rings. The van der Waals surface area contributed by atoms with Crippen LogP contribution in [0.1, 0.15) is 30.0 Å². The fraction of sp³-hybridized carbons (Fsp3) is 0.438. The summed E-state index contributed by atoms with van der Waals surface area (Å²) >= 11 is 0. The minimum absolute atomic E-state index is 0. The van der Waals surface area contributed by atoms with Crippen LogP contribution >= 0.6 is 12.4 Å². The van der Waals surface area contributed by atoms with Crippen LogP contribution in [-0.2, 0) is 4.74 Å². The topological polar surface area (TPSA) is 42.7 Å². The number of likely N-dealkylation sites (N-methyl/N-ethyl adjacent to an activating group) is 1. The van der Waals surface area contributed by atoms with Crippen LogP contribution in [0.2, 0.25) is 0 Å². The molecule has 1 heterocycles. The zero-order valence-corrected chi connectivity index (χ0v) is 13.5. The van der Waals surface area contributed by atoms with Crippen molar-refractivity contribution in [3.8, 4) is 0 Å². The molecular weight excluding hydrogens is 290 g/mol. The lowest BCUT2D eigenvalue weighted by molar-refractivity contribution is 0.0433. The molecule has 1 aromatic carbocycles. The van der Waals surface area contributed by atoms with E-state index in [2.05, 4.69) is 18.7 Å². The molecule has 0 unspecified atom stereocenters. The molecule has 0 bridgehead atoms. The lowest BCUT2D eigenvalue weighted by Gasteiger charge is -2.17. The van der Waals surface area contributed by atoms with Gasteiger partial charge in [-0.05, 0) is 38.2 Å². The summed E-state index contributed by atoms with van der Waals surface area (Å²) in [6.07, 6.45) is 0. The highest BCUT2D eigenvalue weighted by Gasteiger charge is 2.14. The Bertz CT molecular complexity index is 590. The molecule has 0 radical (unpaired) electrons. The van der Waals surface area contributed by atoms with Gasteiger partial charge in [-0.2, -0.15) is 0 Å². The molecule has 5 heteroatoms. The van der Waals surface area contributed by atoms with E-state index < -0.39 is 5.97 Å². The Labute approximate surface area is 131 Å². The van der Waals surface area contributed by atoms with Gasteiger partial charge in [-0.3, -0.25) is 0 Å². The predicted molar refractivity (Wildman–Crippen MR) is 86.3 cm³/mol. The van der Waals surface area contributed by atoms with E-state index in [1.807, 2.05) is 25.1 Å². The Morgan fingerprint density at radius 2 is 1.95 bits per heavy atom. The van der Waals surface area contributed by atoms with E-state index in [0.29, 0.717) is 12.2 Å². The number of halogens is 1. The van der Waals surface area contributed by atoms with E-state index in [1.54, 1.807) is 6.07 Å². The van der Waals surface area contributed by atoms with Crippen LogP contribution in [0.3, 0.4) is 0 Å². The number of fused-ring (bicyclic) bond motifs is 1. The average molecular weight is 312 g/mol. The molecule has 0 aliphatic heterocycles. The largest absolute Gasteiger partial charge is 0.458 e. The lowest BCUT2D eigenvalue weighted by Crippen LogP contribution is -2.27. The molecule has 2 aromatic rings. The zero-order chi connectivity index (χ0) is 14.5. The first-order valence-corrected chi connectivity index (χ1v) is 7.03. The molecule has 21 heavy (non-hydrogen) atoms. The second-order valence-corrected chi connectivity index (χ2v) is 4.81. The number of hydrogen-bond acceptors (Lipinski definition) is 4. The highest BCUT2D eigenvalue weighted by atomic mass is 35.5. The van der Waals surface area contributed by atoms with E-state index in [0.717, 1.165) is 30.6 Å². The molecule has 0 N–H and O–H groups in total. The monoisotopic (exact) mass is 311 g/mol. The maximum atomic E-state index is 11.9. The molecule has 0 amide bonds. The van der Waals surface area contributed by atoms with Gasteiger partial charge in [-0.1, -0.05) is 25.5 Å². The van der Waals surface area contributed by atoms with Crippen LogP contribution in [-0.4, -0.2) is 37.1 Å². The number of furan rings is 1. The molecule has 1 aromatic heterocycles. The Kier molecular flexibility index (Phi) is 6.72. The normalized spacial score (nSPS) is 10.7. The summed E-state index contributed by atoms with van der Waals surface area (Å²) < 4.78 is 10.8. The highest BCUT2D eigenvalue weighted by molar-refractivity contribution is 5.92. The van der Waals surface area contributed by atoms with Crippen LogP contribution in [0.5, 0.6) is 0 Å². The number of nitrogens with zero attached hydrogens (tertiary/aromatic N) is 1. The van der Waals surface area contributed by atoms with Crippen molar-refractivity contribution in [2.75, 3.05) is 26.2 Å². The van der Waals surface area contributed by atoms with Gasteiger partial charge >= 0.3 is 5.97 Å². The smallest absolute Gasteiger partial charge is 0.374 e. The Hall–Kier alpha value is -1.52. The van der Waals surface area contributed by atoms with Gasteiger partial charge in [0.2, 0.25) is 5.76 Å². The van der Waals surface area contributed by atoms with E-state index in [1.165, 1.54) is 0 Å². The number of aryl methyl sites for hydroxylation is 1. The van der Waals surface area contributed by atoms with Gasteiger partial charge < -0.3 is 14.1 Å². The second-order valence-electron chi connectivity index (χ2n) is 4.81. The molecule has 0 aliphatic carbocycles. The van der Waals surface area contributed by atoms with E-state index in [-0.39, 0.29) is 18.2 Å². The van der Waals surface area contributed by atoms with Gasteiger partial charge in [-0.25, -0.2) is 4.79 Å². The first-order chi connectivity index (χ1) is 9.63. The van der Waals surface area contributed by atoms with Crippen LogP contribution < -0.4 is 0 Å². The van der Waals surface area contributed by atoms with Crippen LogP contribution in [0, 0.1) is 6.92 Å². The van der Waals surface area contributed by atoms with Crippen molar-refractivity contribution in [3.63, 3.8) is 0 Å². The van der Waals surface area contributed by atoms with Crippen molar-refractivity contribution in [3.05, 3.63) is 35.6 Å². The summed E-state index contributed by atoms with van der Waals surface area (Å²) in [6.45, 7) is 9.24. The molecule has 0 spiro atoms. The number of benzene rings is 1. The van der Waals surface area contributed by atoms with Crippen molar-refractivity contribution in [2.45, 2.75) is 20.8 Å². The number of hydrogen-bond donors (Lipinski definition) is 0. The van der Waals surface area contributed by atoms with Gasteiger partial charge in [0, 0.05) is 11.9 Å². The summed E-state index contributed by atoms with van der Waals surface area (Å²) in [5.41, 5.74) is 1.85. The van der Waals surface area contributed by atoms with Crippen molar-refractivity contribution in [2.24, 2.45) is 0 Å². The lowest BCUT2D eigenvalue weighted by atomic mass is 10.2. The van der Waals surface area contributed by atoms with Crippen molar-refractivity contribution >= 4 is 29.3 Å². The number of carbonyl (C=O) groups excluding carboxylic acids is 1. The quantitative estimate of drug-likeness (QED) is 0.764.